The molecule has 0 aliphatic carbocycles. The van der Waals surface area contributed by atoms with Crippen molar-refractivity contribution in [3.63, 3.8) is 0 Å². The summed E-state index contributed by atoms with van der Waals surface area (Å²) in [5.41, 5.74) is 1.94. The molecule has 1 amide bonds. The zero-order valence-electron chi connectivity index (χ0n) is 14.2. The molecule has 1 aromatic carbocycles. The van der Waals surface area contributed by atoms with Gasteiger partial charge in [0.1, 0.15) is 12.4 Å². The van der Waals surface area contributed by atoms with Gasteiger partial charge in [0.05, 0.1) is 25.3 Å². The first-order chi connectivity index (χ1) is 12.7. The number of fused-ring (bicyclic) bond motifs is 2. The van der Waals surface area contributed by atoms with Crippen LogP contribution in [0.1, 0.15) is 28.3 Å². The van der Waals surface area contributed by atoms with Gasteiger partial charge < -0.3 is 13.9 Å². The van der Waals surface area contributed by atoms with Crippen molar-refractivity contribution in [1.82, 2.24) is 4.90 Å². The Bertz CT molecular complexity index is 826. The lowest BCUT2D eigenvalue weighted by molar-refractivity contribution is -0.0343. The predicted molar refractivity (Wildman–Crippen MR) is 93.6 cm³/mol. The number of morpholine rings is 1. The molecule has 26 heavy (non-hydrogen) atoms. The van der Waals surface area contributed by atoms with Crippen molar-refractivity contribution in [3.8, 4) is 0 Å². The van der Waals surface area contributed by atoms with E-state index in [4.69, 9.17) is 13.9 Å². The van der Waals surface area contributed by atoms with Crippen molar-refractivity contribution in [2.45, 2.75) is 25.1 Å². The maximum atomic E-state index is 12.6. The largest absolute Gasteiger partial charge is 0.454 e. The van der Waals surface area contributed by atoms with Crippen molar-refractivity contribution >= 4 is 18.0 Å². The topological polar surface area (TPSA) is 69.0 Å². The average molecular weight is 353 g/mol. The molecule has 0 radical (unpaired) electrons. The molecular formula is C20H19NO5. The Labute approximate surface area is 151 Å². The number of hydrogen-bond donors (Lipinski definition) is 0. The molecular weight excluding hydrogens is 334 g/mol. The Morgan fingerprint density at radius 3 is 2.77 bits per heavy atom. The number of furan rings is 1. The minimum Gasteiger partial charge on any atom is -0.454 e. The Morgan fingerprint density at radius 1 is 1.19 bits per heavy atom. The molecule has 6 nitrogen and oxygen atoms in total. The van der Waals surface area contributed by atoms with Gasteiger partial charge in [-0.25, -0.2) is 4.79 Å². The van der Waals surface area contributed by atoms with Crippen LogP contribution in [0.15, 0.2) is 53.0 Å². The summed E-state index contributed by atoms with van der Waals surface area (Å²) in [7, 11) is 0. The number of aldehydes is 1. The molecule has 2 aromatic rings. The predicted octanol–water partition coefficient (Wildman–Crippen LogP) is 3.29. The van der Waals surface area contributed by atoms with Crippen LogP contribution < -0.4 is 0 Å². The fraction of sp³-hybridized carbons (Fsp3) is 0.300. The summed E-state index contributed by atoms with van der Waals surface area (Å²) in [5.74, 6) is 0.966. The lowest BCUT2D eigenvalue weighted by atomic mass is 9.93. The first-order valence-electron chi connectivity index (χ1n) is 8.57. The van der Waals surface area contributed by atoms with Crippen LogP contribution in [0.5, 0.6) is 0 Å². The van der Waals surface area contributed by atoms with Crippen LogP contribution in [0.3, 0.4) is 0 Å². The third-order valence-electron chi connectivity index (χ3n) is 4.67. The molecule has 1 aromatic heterocycles. The Morgan fingerprint density at radius 2 is 2.04 bits per heavy atom. The number of carbonyl (C=O) groups is 2. The quantitative estimate of drug-likeness (QED) is 0.789. The highest BCUT2D eigenvalue weighted by atomic mass is 16.6. The van der Waals surface area contributed by atoms with E-state index >= 15 is 0 Å². The van der Waals surface area contributed by atoms with Crippen molar-refractivity contribution in [2.75, 3.05) is 13.2 Å². The highest BCUT2D eigenvalue weighted by Gasteiger charge is 2.39. The van der Waals surface area contributed by atoms with Gasteiger partial charge in [0.15, 0.2) is 12.0 Å². The standard InChI is InChI=1S/C20H19NO5/c22-10-18-6-7-19(26-18)15-8-16-12-24-13-17(9-15)21(16)20(23)25-11-14-4-2-1-3-5-14/h1-8,10,16-17H,9,11-13H2. The smallest absolute Gasteiger partial charge is 0.411 e. The zero-order chi connectivity index (χ0) is 17.9. The normalized spacial score (nSPS) is 21.8. The maximum Gasteiger partial charge on any atom is 0.411 e. The maximum absolute atomic E-state index is 12.6. The lowest BCUT2D eigenvalue weighted by Gasteiger charge is -2.43. The minimum absolute atomic E-state index is 0.109. The molecule has 2 atom stereocenters. The summed E-state index contributed by atoms with van der Waals surface area (Å²) in [6.45, 7) is 1.12. The van der Waals surface area contributed by atoms with E-state index in [1.807, 2.05) is 36.4 Å². The van der Waals surface area contributed by atoms with Crippen LogP contribution in [0.4, 0.5) is 4.79 Å². The molecule has 1 saturated heterocycles. The first kappa shape index (κ1) is 16.6. The summed E-state index contributed by atoms with van der Waals surface area (Å²) in [6, 6.07) is 12.7. The molecule has 2 aliphatic heterocycles. The molecule has 0 spiro atoms. The van der Waals surface area contributed by atoms with E-state index in [1.165, 1.54) is 0 Å². The van der Waals surface area contributed by atoms with Crippen molar-refractivity contribution in [1.29, 1.82) is 0 Å². The summed E-state index contributed by atoms with van der Waals surface area (Å²) in [6.07, 6.45) is 2.91. The fourth-order valence-electron chi connectivity index (χ4n) is 3.45. The summed E-state index contributed by atoms with van der Waals surface area (Å²) in [4.78, 5) is 25.2. The van der Waals surface area contributed by atoms with Gasteiger partial charge in [0, 0.05) is 0 Å². The number of benzene rings is 1. The van der Waals surface area contributed by atoms with Crippen molar-refractivity contribution < 1.29 is 23.5 Å². The Kier molecular flexibility index (Phi) is 4.58. The van der Waals surface area contributed by atoms with Gasteiger partial charge in [-0.05, 0) is 29.7 Å². The monoisotopic (exact) mass is 353 g/mol. The van der Waals surface area contributed by atoms with Crippen LogP contribution in [0.25, 0.3) is 5.57 Å². The highest BCUT2D eigenvalue weighted by Crippen LogP contribution is 2.33. The van der Waals surface area contributed by atoms with Gasteiger partial charge in [-0.1, -0.05) is 36.4 Å². The lowest BCUT2D eigenvalue weighted by Crippen LogP contribution is -2.56. The second-order valence-corrected chi connectivity index (χ2v) is 6.42. The van der Waals surface area contributed by atoms with Crippen LogP contribution in [0.2, 0.25) is 0 Å². The van der Waals surface area contributed by atoms with Gasteiger partial charge in [-0.3, -0.25) is 9.69 Å². The Hall–Kier alpha value is -2.86. The van der Waals surface area contributed by atoms with E-state index in [1.54, 1.807) is 17.0 Å². The van der Waals surface area contributed by atoms with E-state index in [0.717, 1.165) is 11.1 Å². The number of hydrogen-bond acceptors (Lipinski definition) is 5. The average Bonchev–Trinajstić information content (AvgIpc) is 3.15. The van der Waals surface area contributed by atoms with Crippen LogP contribution in [-0.4, -0.2) is 42.6 Å². The fourth-order valence-corrected chi connectivity index (χ4v) is 3.45. The molecule has 0 saturated carbocycles. The third kappa shape index (κ3) is 3.28. The van der Waals surface area contributed by atoms with Crippen molar-refractivity contribution in [2.24, 2.45) is 0 Å². The molecule has 2 aliphatic rings. The molecule has 2 unspecified atom stereocenters. The van der Waals surface area contributed by atoms with E-state index < -0.39 is 0 Å². The number of amides is 1. The SMILES string of the molecule is O=Cc1ccc(C2=CC3COCC(C2)N3C(=O)OCc2ccccc2)o1. The second kappa shape index (κ2) is 7.17. The van der Waals surface area contributed by atoms with Gasteiger partial charge in [0.25, 0.3) is 0 Å². The number of ether oxygens (including phenoxy) is 2. The molecule has 0 N–H and O–H groups in total. The summed E-state index contributed by atoms with van der Waals surface area (Å²) >= 11 is 0. The molecule has 3 heterocycles. The molecule has 4 rings (SSSR count). The van der Waals surface area contributed by atoms with Crippen molar-refractivity contribution in [3.05, 3.63) is 65.6 Å². The Balaban J connectivity index is 1.49. The molecule has 134 valence electrons. The van der Waals surface area contributed by atoms with Gasteiger partial charge in [-0.15, -0.1) is 0 Å². The van der Waals surface area contributed by atoms with Crippen LogP contribution in [-0.2, 0) is 16.1 Å². The van der Waals surface area contributed by atoms with E-state index in [2.05, 4.69) is 0 Å². The van der Waals surface area contributed by atoms with Crippen LogP contribution >= 0.6 is 0 Å². The van der Waals surface area contributed by atoms with Crippen LogP contribution in [0, 0.1) is 0 Å². The summed E-state index contributed by atoms with van der Waals surface area (Å²) < 4.78 is 16.6. The number of nitrogens with zero attached hydrogens (tertiary/aromatic N) is 1. The summed E-state index contributed by atoms with van der Waals surface area (Å²) in [5, 5.41) is 0. The number of rotatable bonds is 4. The molecule has 2 bridgehead atoms. The third-order valence-corrected chi connectivity index (χ3v) is 4.67. The van der Waals surface area contributed by atoms with E-state index in [0.29, 0.717) is 37.4 Å². The van der Waals surface area contributed by atoms with E-state index in [9.17, 15) is 9.59 Å². The minimum atomic E-state index is -0.338. The van der Waals surface area contributed by atoms with E-state index in [-0.39, 0.29) is 24.8 Å². The van der Waals surface area contributed by atoms with Gasteiger partial charge in [-0.2, -0.15) is 0 Å². The number of carbonyl (C=O) groups excluding carboxylic acids is 2. The first-order valence-corrected chi connectivity index (χ1v) is 8.57. The molecule has 6 heteroatoms. The van der Waals surface area contributed by atoms with Gasteiger partial charge in [0.2, 0.25) is 0 Å². The zero-order valence-corrected chi connectivity index (χ0v) is 14.2. The second-order valence-electron chi connectivity index (χ2n) is 6.42. The highest BCUT2D eigenvalue weighted by molar-refractivity contribution is 5.75. The molecule has 1 fully saturated rings. The van der Waals surface area contributed by atoms with Gasteiger partial charge >= 0.3 is 6.09 Å².